The van der Waals surface area contributed by atoms with Gasteiger partial charge in [0.2, 0.25) is 0 Å². The maximum atomic E-state index is 5.14. The molecule has 0 amide bonds. The standard InChI is InChI=1S/C16H21N5O/c1-13-11-16(19-15(18-13)12-22-2)21-9-7-20(8-10-21)14-3-5-17-6-4-14/h3-6,11H,7-10,12H2,1-2H3. The number of aryl methyl sites for hydroxylation is 1. The van der Waals surface area contributed by atoms with E-state index in [0.29, 0.717) is 6.61 Å². The molecule has 0 unspecified atom stereocenters. The summed E-state index contributed by atoms with van der Waals surface area (Å²) in [7, 11) is 1.67. The number of pyridine rings is 1. The Morgan fingerprint density at radius 3 is 2.41 bits per heavy atom. The van der Waals surface area contributed by atoms with E-state index < -0.39 is 0 Å². The van der Waals surface area contributed by atoms with E-state index in [1.54, 1.807) is 7.11 Å². The van der Waals surface area contributed by atoms with Crippen LogP contribution in [0.5, 0.6) is 0 Å². The van der Waals surface area contributed by atoms with Crippen molar-refractivity contribution in [1.82, 2.24) is 15.0 Å². The first-order valence-electron chi connectivity index (χ1n) is 7.49. The molecule has 2 aromatic heterocycles. The first-order chi connectivity index (χ1) is 10.8. The van der Waals surface area contributed by atoms with E-state index in [2.05, 4.69) is 36.9 Å². The lowest BCUT2D eigenvalue weighted by Gasteiger charge is -2.36. The van der Waals surface area contributed by atoms with Gasteiger partial charge >= 0.3 is 0 Å². The number of aromatic nitrogens is 3. The van der Waals surface area contributed by atoms with Gasteiger partial charge in [-0.15, -0.1) is 0 Å². The number of methoxy groups -OCH3 is 1. The van der Waals surface area contributed by atoms with E-state index in [1.165, 1.54) is 5.69 Å². The molecule has 1 aliphatic rings. The Hall–Kier alpha value is -2.21. The lowest BCUT2D eigenvalue weighted by atomic mass is 10.2. The largest absolute Gasteiger partial charge is 0.377 e. The van der Waals surface area contributed by atoms with Crippen LogP contribution in [0.2, 0.25) is 0 Å². The molecule has 22 heavy (non-hydrogen) atoms. The maximum absolute atomic E-state index is 5.14. The Morgan fingerprint density at radius 1 is 1.05 bits per heavy atom. The molecule has 0 atom stereocenters. The summed E-state index contributed by atoms with van der Waals surface area (Å²) in [6, 6.07) is 6.16. The molecule has 6 nitrogen and oxygen atoms in total. The molecule has 3 rings (SSSR count). The van der Waals surface area contributed by atoms with Crippen LogP contribution >= 0.6 is 0 Å². The van der Waals surface area contributed by atoms with Crippen molar-refractivity contribution in [2.24, 2.45) is 0 Å². The first kappa shape index (κ1) is 14.7. The Kier molecular flexibility index (Phi) is 4.48. The molecule has 0 bridgehead atoms. The summed E-state index contributed by atoms with van der Waals surface area (Å²) in [5.74, 6) is 1.74. The molecule has 2 aromatic rings. The second-order valence-corrected chi connectivity index (χ2v) is 5.40. The fourth-order valence-electron chi connectivity index (χ4n) is 2.72. The molecule has 3 heterocycles. The molecule has 6 heteroatoms. The summed E-state index contributed by atoms with van der Waals surface area (Å²) < 4.78 is 5.14. The molecular formula is C16H21N5O. The van der Waals surface area contributed by atoms with Crippen LogP contribution in [-0.2, 0) is 11.3 Å². The highest BCUT2D eigenvalue weighted by Gasteiger charge is 2.19. The molecule has 1 fully saturated rings. The summed E-state index contributed by atoms with van der Waals surface area (Å²) in [4.78, 5) is 17.8. The third-order valence-corrected chi connectivity index (χ3v) is 3.79. The lowest BCUT2D eigenvalue weighted by molar-refractivity contribution is 0.177. The van der Waals surface area contributed by atoms with Gasteiger partial charge in [0.15, 0.2) is 5.82 Å². The normalized spacial score (nSPS) is 15.2. The van der Waals surface area contributed by atoms with E-state index in [9.17, 15) is 0 Å². The van der Waals surface area contributed by atoms with Gasteiger partial charge in [-0.3, -0.25) is 4.98 Å². The van der Waals surface area contributed by atoms with Gasteiger partial charge in [0.25, 0.3) is 0 Å². The molecule has 0 saturated carbocycles. The van der Waals surface area contributed by atoms with Crippen molar-refractivity contribution in [3.05, 3.63) is 42.1 Å². The molecule has 1 aliphatic heterocycles. The van der Waals surface area contributed by atoms with Gasteiger partial charge in [0.05, 0.1) is 0 Å². The highest BCUT2D eigenvalue weighted by Crippen LogP contribution is 2.19. The van der Waals surface area contributed by atoms with E-state index >= 15 is 0 Å². The van der Waals surface area contributed by atoms with Crippen molar-refractivity contribution in [2.45, 2.75) is 13.5 Å². The van der Waals surface area contributed by atoms with Crippen molar-refractivity contribution < 1.29 is 4.74 Å². The molecular weight excluding hydrogens is 278 g/mol. The van der Waals surface area contributed by atoms with Crippen LogP contribution in [0.15, 0.2) is 30.6 Å². The van der Waals surface area contributed by atoms with Crippen LogP contribution in [0.1, 0.15) is 11.5 Å². The van der Waals surface area contributed by atoms with Crippen LogP contribution in [-0.4, -0.2) is 48.2 Å². The van der Waals surface area contributed by atoms with Crippen molar-refractivity contribution in [3.63, 3.8) is 0 Å². The minimum absolute atomic E-state index is 0.450. The van der Waals surface area contributed by atoms with E-state index in [1.807, 2.05) is 25.4 Å². The number of hydrogen-bond acceptors (Lipinski definition) is 6. The fraction of sp³-hybridized carbons (Fsp3) is 0.438. The zero-order valence-corrected chi connectivity index (χ0v) is 13.1. The average molecular weight is 299 g/mol. The zero-order chi connectivity index (χ0) is 15.4. The second kappa shape index (κ2) is 6.70. The van der Waals surface area contributed by atoms with Gasteiger partial charge in [0, 0.05) is 63.1 Å². The quantitative estimate of drug-likeness (QED) is 0.856. The predicted molar refractivity (Wildman–Crippen MR) is 86.1 cm³/mol. The topological polar surface area (TPSA) is 54.4 Å². The fourth-order valence-corrected chi connectivity index (χ4v) is 2.72. The predicted octanol–water partition coefficient (Wildman–Crippen LogP) is 1.65. The monoisotopic (exact) mass is 299 g/mol. The molecule has 116 valence electrons. The number of piperazine rings is 1. The van der Waals surface area contributed by atoms with Crippen molar-refractivity contribution in [2.75, 3.05) is 43.1 Å². The van der Waals surface area contributed by atoms with E-state index in [0.717, 1.165) is 43.5 Å². The smallest absolute Gasteiger partial charge is 0.156 e. The Balaban J connectivity index is 1.68. The van der Waals surface area contributed by atoms with Crippen LogP contribution < -0.4 is 9.80 Å². The Labute approximate surface area is 130 Å². The third kappa shape index (κ3) is 3.33. The number of rotatable bonds is 4. The van der Waals surface area contributed by atoms with Crippen molar-refractivity contribution in [3.8, 4) is 0 Å². The van der Waals surface area contributed by atoms with Crippen LogP contribution in [0, 0.1) is 6.92 Å². The SMILES string of the molecule is COCc1nc(C)cc(N2CCN(c3ccncc3)CC2)n1. The molecule has 0 aromatic carbocycles. The van der Waals surface area contributed by atoms with Crippen molar-refractivity contribution in [1.29, 1.82) is 0 Å². The van der Waals surface area contributed by atoms with Gasteiger partial charge in [0.1, 0.15) is 12.4 Å². The first-order valence-corrected chi connectivity index (χ1v) is 7.49. The van der Waals surface area contributed by atoms with Gasteiger partial charge < -0.3 is 14.5 Å². The van der Waals surface area contributed by atoms with Gasteiger partial charge in [-0.25, -0.2) is 9.97 Å². The number of nitrogens with zero attached hydrogens (tertiary/aromatic N) is 5. The molecule has 1 saturated heterocycles. The summed E-state index contributed by atoms with van der Waals surface area (Å²) >= 11 is 0. The van der Waals surface area contributed by atoms with E-state index in [4.69, 9.17) is 4.74 Å². The summed E-state index contributed by atoms with van der Waals surface area (Å²) in [6.07, 6.45) is 3.68. The summed E-state index contributed by atoms with van der Waals surface area (Å²) in [5.41, 5.74) is 2.21. The Morgan fingerprint density at radius 2 is 1.73 bits per heavy atom. The zero-order valence-electron chi connectivity index (χ0n) is 13.1. The number of anilines is 2. The average Bonchev–Trinajstić information content (AvgIpc) is 2.56. The van der Waals surface area contributed by atoms with Crippen LogP contribution in [0.25, 0.3) is 0 Å². The highest BCUT2D eigenvalue weighted by atomic mass is 16.5. The second-order valence-electron chi connectivity index (χ2n) is 5.40. The maximum Gasteiger partial charge on any atom is 0.156 e. The summed E-state index contributed by atoms with van der Waals surface area (Å²) in [5, 5.41) is 0. The van der Waals surface area contributed by atoms with Crippen LogP contribution in [0.4, 0.5) is 11.5 Å². The Bertz CT molecular complexity index is 611. The highest BCUT2D eigenvalue weighted by molar-refractivity contribution is 5.48. The molecule has 0 aliphatic carbocycles. The third-order valence-electron chi connectivity index (χ3n) is 3.79. The van der Waals surface area contributed by atoms with Crippen molar-refractivity contribution >= 4 is 11.5 Å². The minimum atomic E-state index is 0.450. The molecule has 0 radical (unpaired) electrons. The lowest BCUT2D eigenvalue weighted by Crippen LogP contribution is -2.47. The minimum Gasteiger partial charge on any atom is -0.377 e. The van der Waals surface area contributed by atoms with Gasteiger partial charge in [-0.2, -0.15) is 0 Å². The summed E-state index contributed by atoms with van der Waals surface area (Å²) in [6.45, 7) is 6.30. The number of ether oxygens (including phenoxy) is 1. The molecule has 0 N–H and O–H groups in total. The van der Waals surface area contributed by atoms with Gasteiger partial charge in [-0.05, 0) is 19.1 Å². The van der Waals surface area contributed by atoms with E-state index in [-0.39, 0.29) is 0 Å². The van der Waals surface area contributed by atoms with Gasteiger partial charge in [-0.1, -0.05) is 0 Å². The van der Waals surface area contributed by atoms with Crippen LogP contribution in [0.3, 0.4) is 0 Å². The molecule has 0 spiro atoms. The number of hydrogen-bond donors (Lipinski definition) is 0.